The Morgan fingerprint density at radius 1 is 1.19 bits per heavy atom. The highest BCUT2D eigenvalue weighted by atomic mass is 16.5. The summed E-state index contributed by atoms with van der Waals surface area (Å²) < 4.78 is 18.8. The zero-order valence-electron chi connectivity index (χ0n) is 20.8. The lowest BCUT2D eigenvalue weighted by atomic mass is 10.1. The lowest BCUT2D eigenvalue weighted by Crippen LogP contribution is -2.30. The van der Waals surface area contributed by atoms with Crippen molar-refractivity contribution in [2.24, 2.45) is 13.0 Å². The summed E-state index contributed by atoms with van der Waals surface area (Å²) in [6, 6.07) is 10.9. The number of anilines is 2. The van der Waals surface area contributed by atoms with Gasteiger partial charge in [0.25, 0.3) is 5.91 Å². The SMILES string of the molecule is COc1ncc(N2CCOc3ccc(OCC4CCN(C(=O)c5ccc(=O)n(C)c5)C4)cc32)cc1C. The molecule has 0 spiro atoms. The summed E-state index contributed by atoms with van der Waals surface area (Å²) in [6.45, 7) is 5.07. The molecule has 2 aromatic heterocycles. The first-order valence-corrected chi connectivity index (χ1v) is 12.1. The monoisotopic (exact) mass is 490 g/mol. The quantitative estimate of drug-likeness (QED) is 0.525. The van der Waals surface area contributed by atoms with Crippen molar-refractivity contribution in [1.82, 2.24) is 14.5 Å². The van der Waals surface area contributed by atoms with Crippen LogP contribution in [0.15, 0.2) is 53.6 Å². The van der Waals surface area contributed by atoms with E-state index in [0.717, 1.165) is 34.9 Å². The zero-order valence-corrected chi connectivity index (χ0v) is 20.8. The van der Waals surface area contributed by atoms with E-state index in [2.05, 4.69) is 16.0 Å². The van der Waals surface area contributed by atoms with Crippen LogP contribution in [0.1, 0.15) is 22.3 Å². The Morgan fingerprint density at radius 3 is 2.83 bits per heavy atom. The number of aromatic nitrogens is 2. The fourth-order valence-corrected chi connectivity index (χ4v) is 4.73. The second-order valence-electron chi connectivity index (χ2n) is 9.23. The Bertz CT molecular complexity index is 1340. The van der Waals surface area contributed by atoms with E-state index in [1.807, 2.05) is 36.2 Å². The van der Waals surface area contributed by atoms with Crippen LogP contribution in [0.3, 0.4) is 0 Å². The average molecular weight is 491 g/mol. The van der Waals surface area contributed by atoms with Gasteiger partial charge in [-0.15, -0.1) is 0 Å². The zero-order chi connectivity index (χ0) is 25.2. The normalized spacial score (nSPS) is 16.9. The number of carbonyl (C=O) groups is 1. The van der Waals surface area contributed by atoms with Gasteiger partial charge in [0.05, 0.1) is 43.4 Å². The van der Waals surface area contributed by atoms with Gasteiger partial charge in [0.1, 0.15) is 18.1 Å². The van der Waals surface area contributed by atoms with Crippen LogP contribution in [0.2, 0.25) is 0 Å². The number of hydrogen-bond donors (Lipinski definition) is 0. The van der Waals surface area contributed by atoms with Crippen LogP contribution in [-0.2, 0) is 7.05 Å². The largest absolute Gasteiger partial charge is 0.493 e. The summed E-state index contributed by atoms with van der Waals surface area (Å²) in [4.78, 5) is 32.9. The van der Waals surface area contributed by atoms with Crippen LogP contribution < -0.4 is 24.7 Å². The van der Waals surface area contributed by atoms with E-state index >= 15 is 0 Å². The van der Waals surface area contributed by atoms with E-state index in [-0.39, 0.29) is 17.4 Å². The van der Waals surface area contributed by atoms with Gasteiger partial charge < -0.3 is 28.6 Å². The standard InChI is InChI=1S/C27H30N4O5/c1-18-12-21(14-28-26(18)34-3)31-10-11-35-24-6-5-22(13-23(24)31)36-17-19-8-9-30(15-19)27(33)20-4-7-25(32)29(2)16-20/h4-7,12-14,16,19H,8-11,15,17H2,1-3H3. The van der Waals surface area contributed by atoms with Crippen molar-refractivity contribution in [3.05, 3.63) is 70.3 Å². The number of aryl methyl sites for hydroxylation is 2. The summed E-state index contributed by atoms with van der Waals surface area (Å²) in [5.74, 6) is 2.35. The Kier molecular flexibility index (Phi) is 6.54. The summed E-state index contributed by atoms with van der Waals surface area (Å²) in [7, 11) is 3.27. The number of likely N-dealkylation sites (tertiary alicyclic amines) is 1. The molecule has 2 aliphatic heterocycles. The molecule has 36 heavy (non-hydrogen) atoms. The molecule has 0 aliphatic carbocycles. The lowest BCUT2D eigenvalue weighted by Gasteiger charge is -2.31. The highest BCUT2D eigenvalue weighted by Crippen LogP contribution is 2.39. The van der Waals surface area contributed by atoms with Gasteiger partial charge in [-0.3, -0.25) is 9.59 Å². The number of hydrogen-bond acceptors (Lipinski definition) is 7. The number of rotatable bonds is 6. The smallest absolute Gasteiger partial charge is 0.255 e. The van der Waals surface area contributed by atoms with Crippen molar-refractivity contribution in [1.29, 1.82) is 0 Å². The summed E-state index contributed by atoms with van der Waals surface area (Å²) in [6.07, 6.45) is 4.27. The predicted octanol–water partition coefficient (Wildman–Crippen LogP) is 3.17. The van der Waals surface area contributed by atoms with E-state index in [4.69, 9.17) is 14.2 Å². The third-order valence-corrected chi connectivity index (χ3v) is 6.71. The van der Waals surface area contributed by atoms with Crippen LogP contribution in [-0.4, -0.2) is 60.3 Å². The molecule has 2 aliphatic rings. The van der Waals surface area contributed by atoms with Crippen LogP contribution in [0.4, 0.5) is 11.4 Å². The second kappa shape index (κ2) is 9.93. The molecule has 9 heteroatoms. The van der Waals surface area contributed by atoms with Crippen molar-refractivity contribution in [2.45, 2.75) is 13.3 Å². The number of carbonyl (C=O) groups excluding carboxylic acids is 1. The van der Waals surface area contributed by atoms with E-state index in [0.29, 0.717) is 44.3 Å². The average Bonchev–Trinajstić information content (AvgIpc) is 3.37. The van der Waals surface area contributed by atoms with Gasteiger partial charge in [0.15, 0.2) is 0 Å². The van der Waals surface area contributed by atoms with Gasteiger partial charge >= 0.3 is 0 Å². The topological polar surface area (TPSA) is 86.1 Å². The highest BCUT2D eigenvalue weighted by Gasteiger charge is 2.28. The molecule has 188 valence electrons. The molecule has 1 saturated heterocycles. The van der Waals surface area contributed by atoms with Gasteiger partial charge in [-0.25, -0.2) is 4.98 Å². The maximum atomic E-state index is 12.9. The molecule has 9 nitrogen and oxygen atoms in total. The van der Waals surface area contributed by atoms with Crippen molar-refractivity contribution in [3.63, 3.8) is 0 Å². The molecule has 0 radical (unpaired) electrons. The molecular formula is C27H30N4O5. The minimum Gasteiger partial charge on any atom is -0.493 e. The molecular weight excluding hydrogens is 460 g/mol. The van der Waals surface area contributed by atoms with E-state index in [9.17, 15) is 9.59 Å². The first-order chi connectivity index (χ1) is 17.4. The fourth-order valence-electron chi connectivity index (χ4n) is 4.73. The van der Waals surface area contributed by atoms with Crippen molar-refractivity contribution < 1.29 is 19.0 Å². The van der Waals surface area contributed by atoms with Gasteiger partial charge in [0, 0.05) is 49.9 Å². The fraction of sp³-hybridized carbons (Fsp3) is 0.370. The Hall–Kier alpha value is -4.01. The van der Waals surface area contributed by atoms with Crippen LogP contribution >= 0.6 is 0 Å². The van der Waals surface area contributed by atoms with Crippen molar-refractivity contribution in [2.75, 3.05) is 44.9 Å². The number of ether oxygens (including phenoxy) is 3. The molecule has 4 heterocycles. The molecule has 1 unspecified atom stereocenters. The molecule has 1 atom stereocenters. The minimum absolute atomic E-state index is 0.0573. The number of methoxy groups -OCH3 is 1. The van der Waals surface area contributed by atoms with Gasteiger partial charge in [-0.1, -0.05) is 0 Å². The second-order valence-corrected chi connectivity index (χ2v) is 9.23. The summed E-state index contributed by atoms with van der Waals surface area (Å²) in [5, 5.41) is 0. The molecule has 0 saturated carbocycles. The first kappa shape index (κ1) is 23.7. The van der Waals surface area contributed by atoms with Crippen molar-refractivity contribution >= 4 is 17.3 Å². The first-order valence-electron chi connectivity index (χ1n) is 12.1. The van der Waals surface area contributed by atoms with Crippen LogP contribution in [0.25, 0.3) is 0 Å². The highest BCUT2D eigenvalue weighted by molar-refractivity contribution is 5.94. The molecule has 0 N–H and O–H groups in total. The Balaban J connectivity index is 1.25. The number of benzene rings is 1. The van der Waals surface area contributed by atoms with Gasteiger partial charge in [0.2, 0.25) is 11.4 Å². The summed E-state index contributed by atoms with van der Waals surface area (Å²) in [5.41, 5.74) is 3.26. The van der Waals surface area contributed by atoms with E-state index in [1.165, 1.54) is 10.6 Å². The van der Waals surface area contributed by atoms with Crippen molar-refractivity contribution in [3.8, 4) is 17.4 Å². The number of fused-ring (bicyclic) bond motifs is 1. The molecule has 1 fully saturated rings. The maximum absolute atomic E-state index is 12.9. The van der Waals surface area contributed by atoms with Crippen LogP contribution in [0.5, 0.6) is 17.4 Å². The molecule has 5 rings (SSSR count). The third kappa shape index (κ3) is 4.73. The number of pyridine rings is 2. The molecule has 1 aromatic carbocycles. The van der Waals surface area contributed by atoms with Gasteiger partial charge in [-0.05, 0) is 37.6 Å². The Labute approximate surface area is 209 Å². The third-order valence-electron chi connectivity index (χ3n) is 6.71. The molecule has 0 bridgehead atoms. The van der Waals surface area contributed by atoms with Crippen LogP contribution in [0, 0.1) is 12.8 Å². The summed E-state index contributed by atoms with van der Waals surface area (Å²) >= 11 is 0. The predicted molar refractivity (Wildman–Crippen MR) is 136 cm³/mol. The molecule has 3 aromatic rings. The van der Waals surface area contributed by atoms with E-state index < -0.39 is 0 Å². The number of amides is 1. The Morgan fingerprint density at radius 2 is 2.06 bits per heavy atom. The van der Waals surface area contributed by atoms with E-state index in [1.54, 1.807) is 26.4 Å². The van der Waals surface area contributed by atoms with Gasteiger partial charge in [-0.2, -0.15) is 0 Å². The lowest BCUT2D eigenvalue weighted by molar-refractivity contribution is 0.0782. The minimum atomic E-state index is -0.133. The molecule has 1 amide bonds. The number of nitrogens with zero attached hydrogens (tertiary/aromatic N) is 4. The maximum Gasteiger partial charge on any atom is 0.255 e.